The molecule has 6 nitrogen and oxygen atoms in total. The third-order valence-electron chi connectivity index (χ3n) is 4.13. The number of aromatic nitrogens is 4. The molecule has 0 unspecified atom stereocenters. The molecule has 1 aliphatic rings. The predicted molar refractivity (Wildman–Crippen MR) is 87.0 cm³/mol. The average Bonchev–Trinajstić information content (AvgIpc) is 2.92. The summed E-state index contributed by atoms with van der Waals surface area (Å²) < 4.78 is 1.69. The summed E-state index contributed by atoms with van der Waals surface area (Å²) in [6, 6.07) is -0.00416. The summed E-state index contributed by atoms with van der Waals surface area (Å²) in [4.78, 5) is 21.2. The van der Waals surface area contributed by atoms with Gasteiger partial charge in [-0.05, 0) is 26.2 Å². The molecule has 7 heteroatoms. The molecular formula is C16H20ClN5O. The van der Waals surface area contributed by atoms with Crippen LogP contribution in [-0.2, 0) is 17.8 Å². The lowest BCUT2D eigenvalue weighted by atomic mass is 9.92. The fourth-order valence-electron chi connectivity index (χ4n) is 2.91. The minimum atomic E-state index is -0.192. The molecule has 23 heavy (non-hydrogen) atoms. The van der Waals surface area contributed by atoms with Gasteiger partial charge < -0.3 is 5.32 Å². The molecule has 1 N–H and O–H groups in total. The van der Waals surface area contributed by atoms with E-state index in [9.17, 15) is 4.79 Å². The highest BCUT2D eigenvalue weighted by molar-refractivity contribution is 6.30. The van der Waals surface area contributed by atoms with Crippen LogP contribution in [0.15, 0.2) is 18.6 Å². The first kappa shape index (κ1) is 15.9. The van der Waals surface area contributed by atoms with Gasteiger partial charge in [0.05, 0.1) is 29.7 Å². The van der Waals surface area contributed by atoms with Crippen molar-refractivity contribution in [3.8, 4) is 0 Å². The van der Waals surface area contributed by atoms with E-state index < -0.39 is 0 Å². The maximum atomic E-state index is 12.5. The third-order valence-corrected chi connectivity index (χ3v) is 4.32. The van der Waals surface area contributed by atoms with Gasteiger partial charge in [0.1, 0.15) is 5.82 Å². The molecule has 0 fully saturated rings. The molecule has 0 aromatic carbocycles. The lowest BCUT2D eigenvalue weighted by molar-refractivity contribution is -0.125. The fourth-order valence-corrected chi connectivity index (χ4v) is 3.07. The first-order valence-corrected chi connectivity index (χ1v) is 8.21. The van der Waals surface area contributed by atoms with Crippen LogP contribution in [0.3, 0.4) is 0 Å². The van der Waals surface area contributed by atoms with Crippen molar-refractivity contribution in [1.29, 1.82) is 0 Å². The lowest BCUT2D eigenvalue weighted by Gasteiger charge is -2.26. The number of rotatable bonds is 4. The summed E-state index contributed by atoms with van der Waals surface area (Å²) in [5.74, 6) is 0.595. The van der Waals surface area contributed by atoms with Gasteiger partial charge in [-0.15, -0.1) is 0 Å². The summed E-state index contributed by atoms with van der Waals surface area (Å²) in [6.45, 7) is 4.28. The van der Waals surface area contributed by atoms with Crippen LogP contribution in [-0.4, -0.2) is 25.7 Å². The van der Waals surface area contributed by atoms with Crippen LogP contribution < -0.4 is 5.32 Å². The maximum absolute atomic E-state index is 12.5. The SMILES string of the molecule is Cc1ncc2c(n1)CCC[C@@H]2NC(=O)[C@@H](C)Cn1cc(Cl)cn1. The van der Waals surface area contributed by atoms with Crippen LogP contribution >= 0.6 is 11.6 Å². The highest BCUT2D eigenvalue weighted by Crippen LogP contribution is 2.28. The zero-order valence-corrected chi connectivity index (χ0v) is 14.0. The number of hydrogen-bond acceptors (Lipinski definition) is 4. The van der Waals surface area contributed by atoms with Gasteiger partial charge in [-0.25, -0.2) is 9.97 Å². The predicted octanol–water partition coefficient (Wildman–Crippen LogP) is 2.46. The smallest absolute Gasteiger partial charge is 0.225 e. The van der Waals surface area contributed by atoms with Crippen LogP contribution in [0.25, 0.3) is 0 Å². The molecule has 3 rings (SSSR count). The Bertz CT molecular complexity index is 714. The molecule has 1 amide bonds. The number of carbonyl (C=O) groups is 1. The number of amides is 1. The molecule has 122 valence electrons. The summed E-state index contributed by atoms with van der Waals surface area (Å²) in [7, 11) is 0. The van der Waals surface area contributed by atoms with Gasteiger partial charge in [0.25, 0.3) is 0 Å². The number of carbonyl (C=O) groups excluding carboxylic acids is 1. The summed E-state index contributed by atoms with van der Waals surface area (Å²) in [5.41, 5.74) is 2.10. The zero-order valence-electron chi connectivity index (χ0n) is 13.3. The van der Waals surface area contributed by atoms with Crippen LogP contribution in [0.4, 0.5) is 0 Å². The first-order chi connectivity index (χ1) is 11.0. The molecule has 2 aromatic heterocycles. The Morgan fingerprint density at radius 2 is 2.35 bits per heavy atom. The van der Waals surface area contributed by atoms with Crippen molar-refractivity contribution in [2.45, 2.75) is 45.7 Å². The molecule has 0 saturated heterocycles. The third kappa shape index (κ3) is 3.69. The number of halogens is 1. The van der Waals surface area contributed by atoms with Gasteiger partial charge in [-0.3, -0.25) is 9.48 Å². The van der Waals surface area contributed by atoms with Gasteiger partial charge >= 0.3 is 0 Å². The summed E-state index contributed by atoms with van der Waals surface area (Å²) >= 11 is 5.85. The van der Waals surface area contributed by atoms with E-state index in [0.717, 1.165) is 36.3 Å². The molecule has 0 bridgehead atoms. The van der Waals surface area contributed by atoms with Gasteiger partial charge in [-0.1, -0.05) is 18.5 Å². The number of aryl methyl sites for hydroxylation is 2. The van der Waals surface area contributed by atoms with E-state index >= 15 is 0 Å². The largest absolute Gasteiger partial charge is 0.349 e. The Kier molecular flexibility index (Phi) is 4.61. The normalized spacial score (nSPS) is 18.3. The molecule has 0 radical (unpaired) electrons. The molecular weight excluding hydrogens is 314 g/mol. The fraction of sp³-hybridized carbons (Fsp3) is 0.500. The van der Waals surface area contributed by atoms with Crippen LogP contribution in [0.1, 0.15) is 42.9 Å². The Labute approximate surface area is 140 Å². The molecule has 0 aliphatic heterocycles. The second kappa shape index (κ2) is 6.66. The van der Waals surface area contributed by atoms with Crippen LogP contribution in [0.5, 0.6) is 0 Å². The van der Waals surface area contributed by atoms with E-state index in [2.05, 4.69) is 20.4 Å². The number of nitrogens with one attached hydrogen (secondary N) is 1. The summed E-state index contributed by atoms with van der Waals surface area (Å²) in [6.07, 6.45) is 8.04. The van der Waals surface area contributed by atoms with Crippen molar-refractivity contribution < 1.29 is 4.79 Å². The number of hydrogen-bond donors (Lipinski definition) is 1. The zero-order chi connectivity index (χ0) is 16.4. The van der Waals surface area contributed by atoms with E-state index in [0.29, 0.717) is 11.6 Å². The lowest BCUT2D eigenvalue weighted by Crippen LogP contribution is -2.36. The minimum Gasteiger partial charge on any atom is -0.349 e. The molecule has 0 spiro atoms. The second-order valence-electron chi connectivity index (χ2n) is 6.05. The number of nitrogens with zero attached hydrogens (tertiary/aromatic N) is 4. The van der Waals surface area contributed by atoms with Gasteiger partial charge in [0.2, 0.25) is 5.91 Å². The van der Waals surface area contributed by atoms with Crippen molar-refractivity contribution in [2.75, 3.05) is 0 Å². The standard InChI is InChI=1S/C16H20ClN5O/c1-10(8-22-9-12(17)6-19-22)16(23)21-15-5-3-4-14-13(15)7-18-11(2)20-14/h6-7,9-10,15H,3-5,8H2,1-2H3,(H,21,23)/t10-,15-/m0/s1. The highest BCUT2D eigenvalue weighted by Gasteiger charge is 2.25. The van der Waals surface area contributed by atoms with Crippen molar-refractivity contribution in [2.24, 2.45) is 5.92 Å². The van der Waals surface area contributed by atoms with Crippen molar-refractivity contribution in [1.82, 2.24) is 25.1 Å². The molecule has 1 aliphatic carbocycles. The van der Waals surface area contributed by atoms with Crippen molar-refractivity contribution in [3.63, 3.8) is 0 Å². The maximum Gasteiger partial charge on any atom is 0.225 e. The molecule has 2 heterocycles. The Hall–Kier alpha value is -1.95. The Morgan fingerprint density at radius 3 is 3.09 bits per heavy atom. The van der Waals surface area contributed by atoms with Crippen LogP contribution in [0, 0.1) is 12.8 Å². The summed E-state index contributed by atoms with van der Waals surface area (Å²) in [5, 5.41) is 7.82. The Balaban J connectivity index is 1.66. The van der Waals surface area contributed by atoms with E-state index in [1.54, 1.807) is 17.1 Å². The van der Waals surface area contributed by atoms with Gasteiger partial charge in [0, 0.05) is 23.7 Å². The number of fused-ring (bicyclic) bond motifs is 1. The average molecular weight is 334 g/mol. The minimum absolute atomic E-state index is 0.00416. The topological polar surface area (TPSA) is 72.7 Å². The van der Waals surface area contributed by atoms with Gasteiger partial charge in [-0.2, -0.15) is 5.10 Å². The molecule has 2 atom stereocenters. The van der Waals surface area contributed by atoms with E-state index in [-0.39, 0.29) is 17.9 Å². The van der Waals surface area contributed by atoms with Gasteiger partial charge in [0.15, 0.2) is 0 Å². The molecule has 2 aromatic rings. The van der Waals surface area contributed by atoms with E-state index in [4.69, 9.17) is 11.6 Å². The highest BCUT2D eigenvalue weighted by atomic mass is 35.5. The van der Waals surface area contributed by atoms with Crippen molar-refractivity contribution in [3.05, 3.63) is 40.7 Å². The monoisotopic (exact) mass is 333 g/mol. The molecule has 0 saturated carbocycles. The second-order valence-corrected chi connectivity index (χ2v) is 6.49. The van der Waals surface area contributed by atoms with E-state index in [1.165, 1.54) is 0 Å². The quantitative estimate of drug-likeness (QED) is 0.932. The van der Waals surface area contributed by atoms with E-state index in [1.807, 2.05) is 20.0 Å². The Morgan fingerprint density at radius 1 is 1.52 bits per heavy atom. The van der Waals surface area contributed by atoms with Crippen LogP contribution in [0.2, 0.25) is 5.02 Å². The van der Waals surface area contributed by atoms with Crippen molar-refractivity contribution >= 4 is 17.5 Å². The first-order valence-electron chi connectivity index (χ1n) is 7.83.